The van der Waals surface area contributed by atoms with Crippen LogP contribution in [0.25, 0.3) is 0 Å². The van der Waals surface area contributed by atoms with Crippen LogP contribution in [0.4, 0.5) is 0 Å². The molecule has 4 aliphatic carbocycles. The van der Waals surface area contributed by atoms with Crippen LogP contribution in [-0.4, -0.2) is 61.3 Å². The Labute approximate surface area is 242 Å². The van der Waals surface area contributed by atoms with E-state index in [1.54, 1.807) is 40.0 Å². The van der Waals surface area contributed by atoms with Gasteiger partial charge in [0.25, 0.3) is 0 Å². The Bertz CT molecular complexity index is 1390. The van der Waals surface area contributed by atoms with Crippen molar-refractivity contribution in [3.05, 3.63) is 46.6 Å². The maximum atomic E-state index is 14.8. The number of fused-ring (bicyclic) bond motifs is 5. The van der Waals surface area contributed by atoms with Crippen LogP contribution in [0, 0.1) is 41.4 Å². The van der Waals surface area contributed by atoms with Crippen molar-refractivity contribution in [3.8, 4) is 11.5 Å². The fourth-order valence-corrected chi connectivity index (χ4v) is 8.73. The predicted molar refractivity (Wildman–Crippen MR) is 151 cm³/mol. The Morgan fingerprint density at radius 1 is 1.10 bits per heavy atom. The maximum absolute atomic E-state index is 14.8. The molecule has 1 aromatic rings. The normalized spacial score (nSPS) is 39.6. The molecule has 5 aliphatic rings. The lowest BCUT2D eigenvalue weighted by atomic mass is 9.59. The quantitative estimate of drug-likeness (QED) is 0.410. The summed E-state index contributed by atoms with van der Waals surface area (Å²) in [5.74, 6) is -0.908. The van der Waals surface area contributed by atoms with Crippen molar-refractivity contribution in [1.29, 1.82) is 0 Å². The second-order valence-electron chi connectivity index (χ2n) is 13.8. The van der Waals surface area contributed by atoms with E-state index in [0.29, 0.717) is 28.6 Å². The third-order valence-corrected chi connectivity index (χ3v) is 10.8. The third-order valence-electron chi connectivity index (χ3n) is 10.8. The molecule has 1 aromatic carbocycles. The number of ether oxygens (including phenoxy) is 5. The van der Waals surface area contributed by atoms with Gasteiger partial charge in [-0.3, -0.25) is 4.79 Å². The minimum absolute atomic E-state index is 0.0204. The smallest absolute Gasteiger partial charge is 0.342 e. The van der Waals surface area contributed by atoms with Crippen LogP contribution in [0.3, 0.4) is 0 Å². The van der Waals surface area contributed by atoms with E-state index in [1.165, 1.54) is 7.11 Å². The number of Topliss-reactive ketones (excluding diaryl/α,β-unsaturated/α-hetero) is 1. The van der Waals surface area contributed by atoms with E-state index in [2.05, 4.69) is 20.8 Å². The van der Waals surface area contributed by atoms with Gasteiger partial charge in [-0.2, -0.15) is 0 Å². The molecule has 1 saturated heterocycles. The summed E-state index contributed by atoms with van der Waals surface area (Å²) in [6.45, 7) is 13.9. The van der Waals surface area contributed by atoms with Crippen LogP contribution < -0.4 is 9.47 Å². The molecule has 0 aromatic heterocycles. The van der Waals surface area contributed by atoms with Gasteiger partial charge < -0.3 is 28.8 Å². The van der Waals surface area contributed by atoms with Gasteiger partial charge in [-0.1, -0.05) is 32.9 Å². The van der Waals surface area contributed by atoms with Crippen molar-refractivity contribution >= 4 is 11.8 Å². The first-order valence-electron chi connectivity index (χ1n) is 14.6. The highest BCUT2D eigenvalue weighted by molar-refractivity contribution is 5.97. The Morgan fingerprint density at radius 2 is 1.80 bits per heavy atom. The fourth-order valence-electron chi connectivity index (χ4n) is 8.73. The first-order chi connectivity index (χ1) is 19.1. The van der Waals surface area contributed by atoms with Gasteiger partial charge in [-0.25, -0.2) is 4.79 Å². The molecule has 8 atom stereocenters. The highest BCUT2D eigenvalue weighted by Gasteiger charge is 2.77. The molecule has 3 fully saturated rings. The molecule has 1 aliphatic heterocycles. The summed E-state index contributed by atoms with van der Waals surface area (Å²) in [6.07, 6.45) is 2.64. The predicted octanol–water partition coefficient (Wildman–Crippen LogP) is 4.80. The lowest BCUT2D eigenvalue weighted by Crippen LogP contribution is -2.68. The van der Waals surface area contributed by atoms with Gasteiger partial charge >= 0.3 is 5.97 Å². The number of hydrogen-bond donors (Lipinski definition) is 1. The highest BCUT2D eigenvalue weighted by atomic mass is 16.7. The first kappa shape index (κ1) is 28.4. The molecule has 0 amide bonds. The highest BCUT2D eigenvalue weighted by Crippen LogP contribution is 2.72. The van der Waals surface area contributed by atoms with Gasteiger partial charge in [0, 0.05) is 12.0 Å². The van der Waals surface area contributed by atoms with E-state index in [9.17, 15) is 14.7 Å². The molecule has 1 spiro atoms. The van der Waals surface area contributed by atoms with E-state index in [0.717, 1.165) is 12.0 Å². The van der Waals surface area contributed by atoms with Crippen molar-refractivity contribution in [2.24, 2.45) is 34.5 Å². The van der Waals surface area contributed by atoms with Crippen molar-refractivity contribution in [1.82, 2.24) is 0 Å². The zero-order valence-electron chi connectivity index (χ0n) is 25.5. The van der Waals surface area contributed by atoms with Crippen LogP contribution in [0.5, 0.6) is 11.5 Å². The molecule has 1 heterocycles. The second kappa shape index (κ2) is 8.91. The fraction of sp³-hybridized carbons (Fsp3) is 0.636. The van der Waals surface area contributed by atoms with Crippen LogP contribution in [0.2, 0.25) is 0 Å². The number of carbonyl (C=O) groups excluding carboxylic acids is 2. The standard InChI is InChI=1S/C33H42O8/c1-16-10-20(37-8)13-23(38-9)24(16)29(35)40-27-17(2)14-32-18(3)11-22-25(30(22,4)5)21(26(32)34)12-19-15-39-31(6,7)41-28(19)33(27,32)36/h10,12-14,18,21-22,25,27-28,36H,11,15H2,1-9H3/t18-,21+,22-,25+,27+,28-,32+,33-/m1/s1. The second-order valence-corrected chi connectivity index (χ2v) is 13.8. The van der Waals surface area contributed by atoms with Gasteiger partial charge in [0.1, 0.15) is 23.2 Å². The molecule has 0 unspecified atom stereocenters. The van der Waals surface area contributed by atoms with Crippen molar-refractivity contribution in [2.75, 3.05) is 20.8 Å². The maximum Gasteiger partial charge on any atom is 0.342 e. The van der Waals surface area contributed by atoms with E-state index >= 15 is 0 Å². The Morgan fingerprint density at radius 3 is 2.46 bits per heavy atom. The molecular formula is C33H42O8. The van der Waals surface area contributed by atoms with Crippen molar-refractivity contribution < 1.29 is 38.4 Å². The molecule has 0 radical (unpaired) electrons. The SMILES string of the molecule is COc1cc(C)c(C(=O)O[C@H]2C(C)=C[C@]34C(=O)[C@@H](C=C5COC(C)(C)O[C@H]5[C@]23O)[C@H]2[C@@H](C[C@H]4C)C2(C)C)c(OC)c1. The summed E-state index contributed by atoms with van der Waals surface area (Å²) < 4.78 is 29.7. The van der Waals surface area contributed by atoms with Crippen LogP contribution in [-0.2, 0) is 19.0 Å². The molecule has 8 heteroatoms. The molecule has 1 N–H and O–H groups in total. The third kappa shape index (κ3) is 3.69. The van der Waals surface area contributed by atoms with Crippen molar-refractivity contribution in [2.45, 2.75) is 78.5 Å². The summed E-state index contributed by atoms with van der Waals surface area (Å²) in [4.78, 5) is 28.8. The van der Waals surface area contributed by atoms with E-state index < -0.39 is 35.0 Å². The molecule has 8 nitrogen and oxygen atoms in total. The number of aryl methyl sites for hydroxylation is 1. The summed E-state index contributed by atoms with van der Waals surface area (Å²) in [5.41, 5.74) is -0.945. The zero-order valence-corrected chi connectivity index (χ0v) is 25.5. The van der Waals surface area contributed by atoms with E-state index in [-0.39, 0.29) is 41.1 Å². The number of ketones is 1. The number of benzene rings is 1. The first-order valence-corrected chi connectivity index (χ1v) is 14.6. The average molecular weight is 567 g/mol. The number of methoxy groups -OCH3 is 2. The summed E-state index contributed by atoms with van der Waals surface area (Å²) in [5, 5.41) is 13.2. The molecule has 2 saturated carbocycles. The largest absolute Gasteiger partial charge is 0.497 e. The Hall–Kier alpha value is -2.68. The summed E-state index contributed by atoms with van der Waals surface area (Å²) >= 11 is 0. The Kier molecular flexibility index (Phi) is 6.18. The van der Waals surface area contributed by atoms with E-state index in [1.807, 2.05) is 19.1 Å². The minimum Gasteiger partial charge on any atom is -0.497 e. The molecule has 2 bridgehead atoms. The average Bonchev–Trinajstić information content (AvgIpc) is 3.40. The number of esters is 1. The monoisotopic (exact) mass is 566 g/mol. The number of rotatable bonds is 4. The van der Waals surface area contributed by atoms with Gasteiger partial charge in [0.2, 0.25) is 0 Å². The van der Waals surface area contributed by atoms with Gasteiger partial charge in [0.05, 0.1) is 26.2 Å². The number of carbonyl (C=O) groups is 2. The van der Waals surface area contributed by atoms with Crippen molar-refractivity contribution in [3.63, 3.8) is 0 Å². The van der Waals surface area contributed by atoms with Gasteiger partial charge in [-0.15, -0.1) is 0 Å². The lowest BCUT2D eigenvalue weighted by molar-refractivity contribution is -0.302. The van der Waals surface area contributed by atoms with Gasteiger partial charge in [0.15, 0.2) is 23.3 Å². The molecular weight excluding hydrogens is 524 g/mol. The number of hydrogen-bond acceptors (Lipinski definition) is 8. The van der Waals surface area contributed by atoms with Crippen LogP contribution in [0.1, 0.15) is 63.9 Å². The minimum atomic E-state index is -1.88. The van der Waals surface area contributed by atoms with Gasteiger partial charge in [-0.05, 0) is 80.1 Å². The number of aliphatic hydroxyl groups is 1. The van der Waals surface area contributed by atoms with Crippen LogP contribution in [0.15, 0.2) is 35.4 Å². The van der Waals surface area contributed by atoms with E-state index in [4.69, 9.17) is 23.7 Å². The summed E-state index contributed by atoms with van der Waals surface area (Å²) in [7, 11) is 3.02. The molecule has 222 valence electrons. The lowest BCUT2D eigenvalue weighted by Gasteiger charge is -2.52. The van der Waals surface area contributed by atoms with Crippen LogP contribution >= 0.6 is 0 Å². The topological polar surface area (TPSA) is 101 Å². The molecule has 6 rings (SSSR count). The number of allylic oxidation sites excluding steroid dienone is 1. The molecule has 41 heavy (non-hydrogen) atoms. The summed E-state index contributed by atoms with van der Waals surface area (Å²) in [6, 6.07) is 3.36. The zero-order chi connectivity index (χ0) is 29.9. The Balaban J connectivity index is 1.50.